The van der Waals surface area contributed by atoms with E-state index < -0.39 is 11.8 Å². The van der Waals surface area contributed by atoms with Crippen LogP contribution in [0.2, 0.25) is 5.02 Å². The number of rotatable bonds is 3. The fourth-order valence-corrected chi connectivity index (χ4v) is 1.41. The number of nitriles is 1. The van der Waals surface area contributed by atoms with Gasteiger partial charge in [-0.2, -0.15) is 5.26 Å². The van der Waals surface area contributed by atoms with Gasteiger partial charge in [0, 0.05) is 5.56 Å². The third-order valence-electron chi connectivity index (χ3n) is 1.92. The minimum Gasteiger partial charge on any atom is -0.466 e. The second kappa shape index (κ2) is 5.47. The van der Waals surface area contributed by atoms with Gasteiger partial charge in [-0.05, 0) is 13.0 Å². The molecule has 0 spiro atoms. The van der Waals surface area contributed by atoms with Gasteiger partial charge in [0.25, 0.3) is 0 Å². The molecule has 0 N–H and O–H groups in total. The highest BCUT2D eigenvalue weighted by molar-refractivity contribution is 6.32. The summed E-state index contributed by atoms with van der Waals surface area (Å²) in [5, 5.41) is 8.35. The summed E-state index contributed by atoms with van der Waals surface area (Å²) in [4.78, 5) is 11.1. The van der Waals surface area contributed by atoms with E-state index >= 15 is 0 Å². The van der Waals surface area contributed by atoms with Gasteiger partial charge >= 0.3 is 5.97 Å². The molecule has 0 saturated heterocycles. The third-order valence-corrected chi connectivity index (χ3v) is 2.29. The Bertz CT molecular complexity index is 454. The molecule has 0 saturated carbocycles. The van der Waals surface area contributed by atoms with Gasteiger partial charge in [0.1, 0.15) is 11.9 Å². The van der Waals surface area contributed by atoms with Gasteiger partial charge in [-0.25, -0.2) is 4.39 Å². The predicted octanol–water partition coefficient (Wildman–Crippen LogP) is 2.46. The zero-order chi connectivity index (χ0) is 12.1. The van der Waals surface area contributed by atoms with Crippen LogP contribution in [0.5, 0.6) is 0 Å². The average molecular weight is 242 g/mol. The van der Waals surface area contributed by atoms with Crippen molar-refractivity contribution in [3.05, 3.63) is 34.1 Å². The first-order valence-electron chi connectivity index (χ1n) is 4.62. The Hall–Kier alpha value is -1.60. The van der Waals surface area contributed by atoms with Gasteiger partial charge in [0.15, 0.2) is 0 Å². The molecular formula is C11H9ClFNO2. The minimum absolute atomic E-state index is 0.0479. The normalized spacial score (nSPS) is 9.62. The largest absolute Gasteiger partial charge is 0.466 e. The van der Waals surface area contributed by atoms with E-state index in [1.165, 1.54) is 12.1 Å². The molecule has 5 heteroatoms. The standard InChI is InChI=1S/C11H9ClFNO2/c1-2-16-9(15)5-7-3-4-8(6-14)10(12)11(7)13/h3-4H,2,5H2,1H3. The summed E-state index contributed by atoms with van der Waals surface area (Å²) in [6, 6.07) is 4.49. The highest BCUT2D eigenvalue weighted by atomic mass is 35.5. The molecule has 0 amide bonds. The first kappa shape index (κ1) is 12.5. The molecule has 0 aromatic heterocycles. The van der Waals surface area contributed by atoms with Gasteiger partial charge in [0.2, 0.25) is 0 Å². The van der Waals surface area contributed by atoms with Crippen LogP contribution in [0.1, 0.15) is 18.1 Å². The lowest BCUT2D eigenvalue weighted by atomic mass is 10.1. The van der Waals surface area contributed by atoms with E-state index in [1.807, 2.05) is 0 Å². The van der Waals surface area contributed by atoms with E-state index in [2.05, 4.69) is 4.74 Å². The number of esters is 1. The molecule has 84 valence electrons. The Kier molecular flexibility index (Phi) is 4.27. The van der Waals surface area contributed by atoms with Crippen LogP contribution in [0.25, 0.3) is 0 Å². The summed E-state index contributed by atoms with van der Waals surface area (Å²) < 4.78 is 18.2. The van der Waals surface area contributed by atoms with Crippen LogP contribution >= 0.6 is 11.6 Å². The lowest BCUT2D eigenvalue weighted by molar-refractivity contribution is -0.142. The van der Waals surface area contributed by atoms with Gasteiger partial charge in [-0.15, -0.1) is 0 Å². The van der Waals surface area contributed by atoms with Crippen molar-refractivity contribution in [1.29, 1.82) is 5.26 Å². The van der Waals surface area contributed by atoms with Crippen molar-refractivity contribution in [3.63, 3.8) is 0 Å². The van der Waals surface area contributed by atoms with Crippen molar-refractivity contribution in [1.82, 2.24) is 0 Å². The Morgan fingerprint density at radius 3 is 2.88 bits per heavy atom. The number of benzene rings is 1. The molecule has 0 fully saturated rings. The quantitative estimate of drug-likeness (QED) is 0.764. The molecule has 1 aromatic carbocycles. The van der Waals surface area contributed by atoms with Crippen molar-refractivity contribution in [2.45, 2.75) is 13.3 Å². The number of hydrogen-bond donors (Lipinski definition) is 0. The molecule has 16 heavy (non-hydrogen) atoms. The summed E-state index contributed by atoms with van der Waals surface area (Å²) in [5.74, 6) is -1.27. The van der Waals surface area contributed by atoms with Crippen molar-refractivity contribution in [2.24, 2.45) is 0 Å². The van der Waals surface area contributed by atoms with Gasteiger partial charge in [0.05, 0.1) is 23.6 Å². The molecule has 0 aliphatic carbocycles. The minimum atomic E-state index is -0.742. The zero-order valence-corrected chi connectivity index (χ0v) is 9.34. The van der Waals surface area contributed by atoms with Crippen molar-refractivity contribution >= 4 is 17.6 Å². The molecule has 1 aromatic rings. The van der Waals surface area contributed by atoms with E-state index in [1.54, 1.807) is 13.0 Å². The number of ether oxygens (including phenoxy) is 1. The van der Waals surface area contributed by atoms with Crippen LogP contribution in [-0.4, -0.2) is 12.6 Å². The van der Waals surface area contributed by atoms with E-state index in [0.717, 1.165) is 0 Å². The van der Waals surface area contributed by atoms with Crippen molar-refractivity contribution < 1.29 is 13.9 Å². The summed E-state index contributed by atoms with van der Waals surface area (Å²) in [5.41, 5.74) is 0.175. The van der Waals surface area contributed by atoms with Crippen LogP contribution in [-0.2, 0) is 16.0 Å². The fourth-order valence-electron chi connectivity index (χ4n) is 1.18. The maximum Gasteiger partial charge on any atom is 0.310 e. The maximum absolute atomic E-state index is 13.6. The van der Waals surface area contributed by atoms with Crippen LogP contribution in [0, 0.1) is 17.1 Å². The molecule has 0 atom stereocenters. The second-order valence-electron chi connectivity index (χ2n) is 2.99. The van der Waals surface area contributed by atoms with Crippen LogP contribution in [0.4, 0.5) is 4.39 Å². The topological polar surface area (TPSA) is 50.1 Å². The lowest BCUT2D eigenvalue weighted by Gasteiger charge is -2.05. The highest BCUT2D eigenvalue weighted by Crippen LogP contribution is 2.23. The van der Waals surface area contributed by atoms with E-state index in [4.69, 9.17) is 16.9 Å². The molecule has 0 heterocycles. The number of hydrogen-bond acceptors (Lipinski definition) is 3. The lowest BCUT2D eigenvalue weighted by Crippen LogP contribution is -2.09. The Balaban J connectivity index is 2.96. The molecule has 3 nitrogen and oxygen atoms in total. The second-order valence-corrected chi connectivity index (χ2v) is 3.37. The zero-order valence-electron chi connectivity index (χ0n) is 8.59. The molecule has 0 aliphatic rings. The van der Waals surface area contributed by atoms with Gasteiger partial charge < -0.3 is 4.74 Å². The number of carbonyl (C=O) groups is 1. The third kappa shape index (κ3) is 2.71. The van der Waals surface area contributed by atoms with E-state index in [9.17, 15) is 9.18 Å². The molecule has 0 aliphatic heterocycles. The van der Waals surface area contributed by atoms with Crippen LogP contribution in [0.3, 0.4) is 0 Å². The predicted molar refractivity (Wildman–Crippen MR) is 56.5 cm³/mol. The summed E-state index contributed by atoms with van der Waals surface area (Å²) >= 11 is 5.61. The Morgan fingerprint density at radius 1 is 1.62 bits per heavy atom. The molecule has 0 radical (unpaired) electrons. The summed E-state index contributed by atoms with van der Waals surface area (Å²) in [6.07, 6.45) is -0.189. The molecule has 1 rings (SSSR count). The first-order chi connectivity index (χ1) is 7.60. The van der Waals surface area contributed by atoms with Crippen molar-refractivity contribution in [2.75, 3.05) is 6.61 Å². The number of nitrogens with zero attached hydrogens (tertiary/aromatic N) is 1. The van der Waals surface area contributed by atoms with Gasteiger partial charge in [-0.1, -0.05) is 17.7 Å². The number of carbonyl (C=O) groups excluding carboxylic acids is 1. The average Bonchev–Trinajstić information content (AvgIpc) is 2.25. The Labute approximate surface area is 97.4 Å². The smallest absolute Gasteiger partial charge is 0.310 e. The highest BCUT2D eigenvalue weighted by Gasteiger charge is 2.14. The monoisotopic (exact) mass is 241 g/mol. The maximum atomic E-state index is 13.6. The summed E-state index contributed by atoms with van der Waals surface area (Å²) in [7, 11) is 0. The number of halogens is 2. The Morgan fingerprint density at radius 2 is 2.31 bits per heavy atom. The molecular weight excluding hydrogens is 233 g/mol. The van der Waals surface area contributed by atoms with Crippen LogP contribution < -0.4 is 0 Å². The van der Waals surface area contributed by atoms with E-state index in [-0.39, 0.29) is 29.2 Å². The molecule has 0 bridgehead atoms. The first-order valence-corrected chi connectivity index (χ1v) is 5.00. The van der Waals surface area contributed by atoms with Gasteiger partial charge in [-0.3, -0.25) is 4.79 Å². The molecule has 0 unspecified atom stereocenters. The fraction of sp³-hybridized carbons (Fsp3) is 0.273. The van der Waals surface area contributed by atoms with E-state index in [0.29, 0.717) is 0 Å². The van der Waals surface area contributed by atoms with Crippen molar-refractivity contribution in [3.8, 4) is 6.07 Å². The van der Waals surface area contributed by atoms with Crippen LogP contribution in [0.15, 0.2) is 12.1 Å². The summed E-state index contributed by atoms with van der Waals surface area (Å²) in [6.45, 7) is 1.91. The SMILES string of the molecule is CCOC(=O)Cc1ccc(C#N)c(Cl)c1F.